The summed E-state index contributed by atoms with van der Waals surface area (Å²) in [5.41, 5.74) is 7.97. The van der Waals surface area contributed by atoms with Gasteiger partial charge >= 0.3 is 0 Å². The van der Waals surface area contributed by atoms with Gasteiger partial charge in [0.25, 0.3) is 0 Å². The van der Waals surface area contributed by atoms with Crippen LogP contribution in [0.3, 0.4) is 0 Å². The van der Waals surface area contributed by atoms with Crippen LogP contribution < -0.4 is 0 Å². The number of fused-ring (bicyclic) bond motifs is 5. The predicted molar refractivity (Wildman–Crippen MR) is 154 cm³/mol. The largest absolute Gasteiger partial charge is 0.476 e. The molecule has 4 aromatic heterocycles. The second-order valence-corrected chi connectivity index (χ2v) is 9.26. The van der Waals surface area contributed by atoms with E-state index in [2.05, 4.69) is 70.0 Å². The molecule has 5 heteroatoms. The number of hydrogen-bond acceptors (Lipinski definition) is 3. The number of imidazole rings is 1. The fourth-order valence-electron chi connectivity index (χ4n) is 5.48. The van der Waals surface area contributed by atoms with Crippen molar-refractivity contribution >= 4 is 60.3 Å². The normalized spacial score (nSPS) is 11.4. The third kappa shape index (κ3) is 3.63. The van der Waals surface area contributed by atoms with Crippen LogP contribution in [0.15, 0.2) is 120 Å². The first-order chi connectivity index (χ1) is 18.9. The summed E-state index contributed by atoms with van der Waals surface area (Å²) in [7, 11) is 0. The summed E-state index contributed by atoms with van der Waals surface area (Å²) in [4.78, 5) is 9.18. The molecule has 0 N–H and O–H groups in total. The number of pyridine rings is 1. The van der Waals surface area contributed by atoms with Crippen molar-refractivity contribution in [3.8, 4) is 11.3 Å². The molecule has 0 spiro atoms. The Morgan fingerprint density at radius 1 is 0.641 bits per heavy atom. The Kier molecular flexibility index (Phi) is 5.62. The maximum Gasteiger partial charge on any atom is 0.124 e. The topological polar surface area (TPSA) is 43.3 Å². The molecule has 9 aromatic rings. The minimum Gasteiger partial charge on any atom is -0.476 e. The van der Waals surface area contributed by atoms with E-state index in [0.717, 1.165) is 60.8 Å². The van der Waals surface area contributed by atoms with Crippen LogP contribution in [0.25, 0.3) is 71.6 Å². The molecule has 0 unspecified atom stereocenters. The SMILES string of the molecule is [Ir].[c-]1ccc2oc3ccc4cccc5c4c3c2c1c1nc2ccccc2n51.[c-]1ccccc1-c1ccccn1. The van der Waals surface area contributed by atoms with Crippen LogP contribution >= 0.6 is 0 Å². The summed E-state index contributed by atoms with van der Waals surface area (Å²) >= 11 is 0. The Hall–Kier alpha value is -4.57. The molecule has 0 aliphatic heterocycles. The molecule has 0 aliphatic rings. The summed E-state index contributed by atoms with van der Waals surface area (Å²) in [5.74, 6) is 0. The van der Waals surface area contributed by atoms with Crippen LogP contribution in [0.5, 0.6) is 0 Å². The van der Waals surface area contributed by atoms with Gasteiger partial charge in [-0.1, -0.05) is 59.3 Å². The van der Waals surface area contributed by atoms with Crippen LogP contribution in [-0.4, -0.2) is 14.4 Å². The Morgan fingerprint density at radius 3 is 2.36 bits per heavy atom. The van der Waals surface area contributed by atoms with Gasteiger partial charge in [0.1, 0.15) is 5.58 Å². The monoisotopic (exact) mass is 678 g/mol. The molecule has 0 saturated heterocycles. The average Bonchev–Trinajstić information content (AvgIpc) is 3.53. The van der Waals surface area contributed by atoms with E-state index in [0.29, 0.717) is 0 Å². The van der Waals surface area contributed by atoms with E-state index in [-0.39, 0.29) is 20.1 Å². The molecular weight excluding hydrogens is 659 g/mol. The zero-order valence-corrected chi connectivity index (χ0v) is 22.9. The Labute approximate surface area is 237 Å². The minimum atomic E-state index is 0. The molecule has 1 radical (unpaired) electrons. The molecule has 0 amide bonds. The number of furan rings is 1. The Balaban J connectivity index is 0.000000166. The number of hydrogen-bond donors (Lipinski definition) is 0. The van der Waals surface area contributed by atoms with E-state index in [1.165, 1.54) is 10.8 Å². The first-order valence-electron chi connectivity index (χ1n) is 12.5. The summed E-state index contributed by atoms with van der Waals surface area (Å²) < 4.78 is 8.43. The van der Waals surface area contributed by atoms with Gasteiger partial charge in [-0.3, -0.25) is 4.98 Å². The van der Waals surface area contributed by atoms with Crippen LogP contribution in [0.4, 0.5) is 0 Å². The van der Waals surface area contributed by atoms with Gasteiger partial charge in [0.05, 0.1) is 22.3 Å². The maximum absolute atomic E-state index is 6.16. The zero-order valence-electron chi connectivity index (χ0n) is 20.6. The third-order valence-corrected chi connectivity index (χ3v) is 7.09. The van der Waals surface area contributed by atoms with Crippen molar-refractivity contribution in [2.75, 3.05) is 0 Å². The molecule has 0 aliphatic carbocycles. The Morgan fingerprint density at radius 2 is 1.49 bits per heavy atom. The van der Waals surface area contributed by atoms with Crippen molar-refractivity contribution in [1.29, 1.82) is 0 Å². The van der Waals surface area contributed by atoms with Crippen LogP contribution in [0.2, 0.25) is 0 Å². The number of nitrogens with zero attached hydrogens (tertiary/aromatic N) is 3. The Bertz CT molecular complexity index is 2200. The standard InChI is InChI=1S/C23H11N2O.C11H8N.Ir/c1-2-8-16-15(7-1)24-23-14-6-4-10-18-21(14)22-19(26-18)12-11-13-5-3-9-17(20(13)22)25(16)23;1-2-6-10(7-3-1)11-8-4-5-9-12-11;/h1-5,7-12H;1-6,8-9H;/q2*-1;. The molecule has 187 valence electrons. The summed E-state index contributed by atoms with van der Waals surface area (Å²) in [6, 6.07) is 43.1. The second kappa shape index (κ2) is 9.32. The van der Waals surface area contributed by atoms with Crippen LogP contribution in [0.1, 0.15) is 0 Å². The third-order valence-electron chi connectivity index (χ3n) is 7.09. The molecule has 4 nitrogen and oxygen atoms in total. The van der Waals surface area contributed by atoms with E-state index in [1.54, 1.807) is 6.20 Å². The van der Waals surface area contributed by atoms with Gasteiger partial charge in [0, 0.05) is 37.2 Å². The maximum atomic E-state index is 6.16. The van der Waals surface area contributed by atoms with E-state index in [9.17, 15) is 0 Å². The van der Waals surface area contributed by atoms with Crippen molar-refractivity contribution < 1.29 is 24.5 Å². The second-order valence-electron chi connectivity index (χ2n) is 9.26. The summed E-state index contributed by atoms with van der Waals surface area (Å²) in [6.07, 6.45) is 1.79. The summed E-state index contributed by atoms with van der Waals surface area (Å²) in [5, 5.41) is 5.69. The van der Waals surface area contributed by atoms with E-state index in [1.807, 2.05) is 60.7 Å². The van der Waals surface area contributed by atoms with Gasteiger partial charge in [-0.25, -0.2) is 0 Å². The quantitative estimate of drug-likeness (QED) is 0.164. The fraction of sp³-hybridized carbons (Fsp3) is 0. The van der Waals surface area contributed by atoms with Gasteiger partial charge in [-0.05, 0) is 46.8 Å². The van der Waals surface area contributed by atoms with Crippen LogP contribution in [-0.2, 0) is 20.1 Å². The van der Waals surface area contributed by atoms with E-state index in [4.69, 9.17) is 9.40 Å². The molecule has 0 atom stereocenters. The smallest absolute Gasteiger partial charge is 0.124 e. The molecule has 39 heavy (non-hydrogen) atoms. The molecular formula is C34H19IrN3O-2. The zero-order chi connectivity index (χ0) is 25.1. The molecule has 4 heterocycles. The van der Waals surface area contributed by atoms with Crippen molar-refractivity contribution in [3.63, 3.8) is 0 Å². The van der Waals surface area contributed by atoms with Crippen LogP contribution in [0, 0.1) is 12.1 Å². The molecule has 0 saturated carbocycles. The van der Waals surface area contributed by atoms with Gasteiger partial charge in [0.2, 0.25) is 0 Å². The molecule has 0 bridgehead atoms. The van der Waals surface area contributed by atoms with Gasteiger partial charge in [0.15, 0.2) is 0 Å². The molecule has 0 fully saturated rings. The summed E-state index contributed by atoms with van der Waals surface area (Å²) in [6.45, 7) is 0. The van der Waals surface area contributed by atoms with Crippen molar-refractivity contribution in [3.05, 3.63) is 128 Å². The predicted octanol–water partition coefficient (Wildman–Crippen LogP) is 8.48. The van der Waals surface area contributed by atoms with Gasteiger partial charge < -0.3 is 13.8 Å². The van der Waals surface area contributed by atoms with Crippen molar-refractivity contribution in [2.24, 2.45) is 0 Å². The average molecular weight is 678 g/mol. The first kappa shape index (κ1) is 23.5. The van der Waals surface area contributed by atoms with Crippen molar-refractivity contribution in [1.82, 2.24) is 14.4 Å². The molecule has 5 aromatic carbocycles. The van der Waals surface area contributed by atoms with Crippen molar-refractivity contribution in [2.45, 2.75) is 0 Å². The number of aromatic nitrogens is 3. The minimum absolute atomic E-state index is 0. The number of benzene rings is 5. The number of rotatable bonds is 1. The molecule has 9 rings (SSSR count). The first-order valence-corrected chi connectivity index (χ1v) is 12.5. The van der Waals surface area contributed by atoms with E-state index < -0.39 is 0 Å². The van der Waals surface area contributed by atoms with E-state index >= 15 is 0 Å². The van der Waals surface area contributed by atoms with Gasteiger partial charge in [-0.15, -0.1) is 48.0 Å². The fourth-order valence-corrected chi connectivity index (χ4v) is 5.48. The number of para-hydroxylation sites is 2. The van der Waals surface area contributed by atoms with Gasteiger partial charge in [-0.2, -0.15) is 0 Å².